The van der Waals surface area contributed by atoms with E-state index >= 15 is 0 Å². The molecule has 2 aromatic carbocycles. The summed E-state index contributed by atoms with van der Waals surface area (Å²) in [5, 5.41) is 2.81. The Labute approximate surface area is 143 Å². The van der Waals surface area contributed by atoms with Gasteiger partial charge in [0.2, 0.25) is 0 Å². The van der Waals surface area contributed by atoms with Crippen molar-refractivity contribution in [2.75, 3.05) is 5.32 Å². The highest BCUT2D eigenvalue weighted by molar-refractivity contribution is 9.10. The van der Waals surface area contributed by atoms with Gasteiger partial charge in [0, 0.05) is 10.2 Å². The molecule has 0 saturated carbocycles. The number of rotatable bonds is 4. The Bertz CT molecular complexity index is 713. The van der Waals surface area contributed by atoms with E-state index in [1.165, 1.54) is 18.2 Å². The molecule has 0 heterocycles. The summed E-state index contributed by atoms with van der Waals surface area (Å²) in [5.41, 5.74) is 0.590. The van der Waals surface area contributed by atoms with Gasteiger partial charge in [-0.2, -0.15) is 8.78 Å². The second-order valence-electron chi connectivity index (χ2n) is 4.10. The molecule has 2 rings (SSSR count). The van der Waals surface area contributed by atoms with Crippen LogP contribution in [0.5, 0.6) is 5.75 Å². The third kappa shape index (κ3) is 4.32. The normalized spacial score (nSPS) is 10.6. The molecule has 0 unspecified atom stereocenters. The summed E-state index contributed by atoms with van der Waals surface area (Å²) >= 11 is 15.0. The van der Waals surface area contributed by atoms with Gasteiger partial charge in [-0.1, -0.05) is 39.1 Å². The van der Waals surface area contributed by atoms with E-state index in [-0.39, 0.29) is 21.4 Å². The van der Waals surface area contributed by atoms with Gasteiger partial charge in [-0.15, -0.1) is 0 Å². The lowest BCUT2D eigenvalue weighted by atomic mass is 10.2. The average Bonchev–Trinajstić information content (AvgIpc) is 2.44. The summed E-state index contributed by atoms with van der Waals surface area (Å²) in [6.07, 6.45) is 0. The molecule has 0 bridgehead atoms. The van der Waals surface area contributed by atoms with Crippen molar-refractivity contribution in [3.8, 4) is 5.75 Å². The van der Waals surface area contributed by atoms with Crippen molar-refractivity contribution < 1.29 is 18.3 Å². The van der Waals surface area contributed by atoms with Crippen LogP contribution in [0.4, 0.5) is 14.5 Å². The predicted octanol–water partition coefficient (Wildman–Crippen LogP) is 5.61. The fourth-order valence-corrected chi connectivity index (χ4v) is 2.43. The first-order valence-corrected chi connectivity index (χ1v) is 7.42. The first-order chi connectivity index (χ1) is 10.4. The van der Waals surface area contributed by atoms with E-state index < -0.39 is 12.5 Å². The van der Waals surface area contributed by atoms with Gasteiger partial charge in [0.15, 0.2) is 0 Å². The maximum atomic E-state index is 12.2. The van der Waals surface area contributed by atoms with Crippen molar-refractivity contribution in [1.29, 1.82) is 0 Å². The number of alkyl halides is 2. The summed E-state index contributed by atoms with van der Waals surface area (Å²) in [6.45, 7) is -2.97. The van der Waals surface area contributed by atoms with E-state index in [1.54, 1.807) is 18.2 Å². The lowest BCUT2D eigenvalue weighted by molar-refractivity contribution is -0.0497. The van der Waals surface area contributed by atoms with Gasteiger partial charge < -0.3 is 10.1 Å². The molecule has 2 aromatic rings. The smallest absolute Gasteiger partial charge is 0.387 e. The molecule has 0 fully saturated rings. The zero-order chi connectivity index (χ0) is 16.3. The average molecular weight is 411 g/mol. The van der Waals surface area contributed by atoms with Gasteiger partial charge in [-0.3, -0.25) is 4.79 Å². The van der Waals surface area contributed by atoms with Gasteiger partial charge in [0.05, 0.1) is 15.6 Å². The summed E-state index contributed by atoms with van der Waals surface area (Å²) in [6, 6.07) is 8.79. The highest BCUT2D eigenvalue weighted by atomic mass is 79.9. The summed E-state index contributed by atoms with van der Waals surface area (Å²) in [4.78, 5) is 12.2. The second kappa shape index (κ2) is 7.26. The number of hydrogen-bond donors (Lipinski definition) is 1. The zero-order valence-electron chi connectivity index (χ0n) is 10.7. The SMILES string of the molecule is O=C(Nc1ccc(OC(F)F)c(Cl)c1)c1cc(Br)ccc1Cl. The van der Waals surface area contributed by atoms with Gasteiger partial charge in [0.1, 0.15) is 5.75 Å². The Balaban J connectivity index is 2.18. The summed E-state index contributed by atoms with van der Waals surface area (Å²) < 4.78 is 29.2. The van der Waals surface area contributed by atoms with Crippen LogP contribution in [0.2, 0.25) is 10.0 Å². The third-order valence-electron chi connectivity index (χ3n) is 2.58. The molecular formula is C14H8BrCl2F2NO2. The zero-order valence-corrected chi connectivity index (χ0v) is 13.8. The Morgan fingerprint density at radius 3 is 2.50 bits per heavy atom. The number of ether oxygens (including phenoxy) is 1. The van der Waals surface area contributed by atoms with Crippen molar-refractivity contribution in [1.82, 2.24) is 0 Å². The highest BCUT2D eigenvalue weighted by Crippen LogP contribution is 2.29. The van der Waals surface area contributed by atoms with Crippen LogP contribution in [0, 0.1) is 0 Å². The van der Waals surface area contributed by atoms with Crippen molar-refractivity contribution in [3.05, 3.63) is 56.5 Å². The Hall–Kier alpha value is -1.37. The van der Waals surface area contributed by atoms with Gasteiger partial charge in [-0.25, -0.2) is 0 Å². The number of nitrogens with one attached hydrogen (secondary N) is 1. The van der Waals surface area contributed by atoms with Crippen LogP contribution < -0.4 is 10.1 Å². The minimum absolute atomic E-state index is 0.0431. The van der Waals surface area contributed by atoms with Crippen LogP contribution >= 0.6 is 39.1 Å². The molecule has 0 aromatic heterocycles. The summed E-state index contributed by atoms with van der Waals surface area (Å²) in [5.74, 6) is -0.625. The maximum Gasteiger partial charge on any atom is 0.387 e. The van der Waals surface area contributed by atoms with Crippen molar-refractivity contribution >= 4 is 50.7 Å². The molecule has 0 aliphatic carbocycles. The maximum absolute atomic E-state index is 12.2. The molecule has 0 aliphatic heterocycles. The number of benzene rings is 2. The van der Waals surface area contributed by atoms with E-state index in [4.69, 9.17) is 23.2 Å². The molecule has 0 radical (unpaired) electrons. The number of anilines is 1. The monoisotopic (exact) mass is 409 g/mol. The van der Waals surface area contributed by atoms with Gasteiger partial charge in [0.25, 0.3) is 5.91 Å². The Morgan fingerprint density at radius 1 is 1.14 bits per heavy atom. The predicted molar refractivity (Wildman–Crippen MR) is 85.2 cm³/mol. The quantitative estimate of drug-likeness (QED) is 0.711. The van der Waals surface area contributed by atoms with E-state index in [0.29, 0.717) is 10.2 Å². The van der Waals surface area contributed by atoms with Gasteiger partial charge in [-0.05, 0) is 36.4 Å². The fraction of sp³-hybridized carbons (Fsp3) is 0.0714. The molecule has 22 heavy (non-hydrogen) atoms. The van der Waals surface area contributed by atoms with E-state index in [1.807, 2.05) is 0 Å². The minimum atomic E-state index is -2.97. The molecule has 116 valence electrons. The Kier molecular flexibility index (Phi) is 5.61. The van der Waals surface area contributed by atoms with E-state index in [9.17, 15) is 13.6 Å². The van der Waals surface area contributed by atoms with Crippen molar-refractivity contribution in [3.63, 3.8) is 0 Å². The summed E-state index contributed by atoms with van der Waals surface area (Å²) in [7, 11) is 0. The van der Waals surface area contributed by atoms with Crippen LogP contribution in [-0.4, -0.2) is 12.5 Å². The first-order valence-electron chi connectivity index (χ1n) is 5.87. The van der Waals surface area contributed by atoms with Crippen molar-refractivity contribution in [2.45, 2.75) is 6.61 Å². The molecule has 3 nitrogen and oxygen atoms in total. The Morgan fingerprint density at radius 2 is 1.86 bits per heavy atom. The molecule has 0 aliphatic rings. The molecule has 1 N–H and O–H groups in total. The third-order valence-corrected chi connectivity index (χ3v) is 3.70. The van der Waals surface area contributed by atoms with E-state index in [2.05, 4.69) is 26.0 Å². The largest absolute Gasteiger partial charge is 0.433 e. The standard InChI is InChI=1S/C14H8BrCl2F2NO2/c15-7-1-3-10(16)9(5-7)13(21)20-8-2-4-12(11(17)6-8)22-14(18)19/h1-6,14H,(H,20,21). The number of amides is 1. The minimum Gasteiger partial charge on any atom is -0.433 e. The van der Waals surface area contributed by atoms with Crippen LogP contribution in [-0.2, 0) is 0 Å². The van der Waals surface area contributed by atoms with E-state index in [0.717, 1.165) is 0 Å². The van der Waals surface area contributed by atoms with Crippen LogP contribution in [0.3, 0.4) is 0 Å². The van der Waals surface area contributed by atoms with Crippen molar-refractivity contribution in [2.24, 2.45) is 0 Å². The molecular weight excluding hydrogens is 403 g/mol. The molecule has 8 heteroatoms. The molecule has 0 spiro atoms. The van der Waals surface area contributed by atoms with Crippen LogP contribution in [0.15, 0.2) is 40.9 Å². The van der Waals surface area contributed by atoms with Gasteiger partial charge >= 0.3 is 6.61 Å². The van der Waals surface area contributed by atoms with Crippen LogP contribution in [0.1, 0.15) is 10.4 Å². The second-order valence-corrected chi connectivity index (χ2v) is 5.83. The number of halogens is 5. The van der Waals surface area contributed by atoms with Crippen LogP contribution in [0.25, 0.3) is 0 Å². The number of carbonyl (C=O) groups is 1. The fourth-order valence-electron chi connectivity index (χ4n) is 1.64. The number of carbonyl (C=O) groups excluding carboxylic acids is 1. The molecule has 0 saturated heterocycles. The molecule has 0 atom stereocenters. The first kappa shape index (κ1) is 17.0. The lowest BCUT2D eigenvalue weighted by Gasteiger charge is -2.10. The number of hydrogen-bond acceptors (Lipinski definition) is 2. The topological polar surface area (TPSA) is 38.3 Å². The lowest BCUT2D eigenvalue weighted by Crippen LogP contribution is -2.12. The highest BCUT2D eigenvalue weighted by Gasteiger charge is 2.13. The molecule has 1 amide bonds.